The zero-order valence-electron chi connectivity index (χ0n) is 14.3. The number of sulfonamides is 1. The number of carbonyl (C=O) groups is 1. The Labute approximate surface area is 162 Å². The molecule has 0 aliphatic rings. The van der Waals surface area contributed by atoms with Crippen molar-refractivity contribution in [3.05, 3.63) is 83.1 Å². The Balaban J connectivity index is 1.89. The number of nitrogens with one attached hydrogen (secondary N) is 2. The molecule has 1 heterocycles. The highest BCUT2D eigenvalue weighted by molar-refractivity contribution is 7.92. The van der Waals surface area contributed by atoms with E-state index in [9.17, 15) is 13.2 Å². The maximum Gasteiger partial charge on any atom is 0.263 e. The average molecular weight is 402 g/mol. The Morgan fingerprint density at radius 1 is 1.04 bits per heavy atom. The van der Waals surface area contributed by atoms with E-state index in [1.807, 2.05) is 13.0 Å². The van der Waals surface area contributed by atoms with Gasteiger partial charge in [0.15, 0.2) is 0 Å². The monoisotopic (exact) mass is 401 g/mol. The van der Waals surface area contributed by atoms with Gasteiger partial charge < -0.3 is 5.32 Å². The summed E-state index contributed by atoms with van der Waals surface area (Å²) in [5.74, 6) is -0.466. The van der Waals surface area contributed by atoms with Crippen LogP contribution >= 0.6 is 11.6 Å². The quantitative estimate of drug-likeness (QED) is 0.673. The normalized spacial score (nSPS) is 11.0. The molecule has 0 aliphatic carbocycles. The number of halogens is 1. The molecule has 0 fully saturated rings. The van der Waals surface area contributed by atoms with E-state index in [1.165, 1.54) is 24.4 Å². The molecular weight excluding hydrogens is 386 g/mol. The van der Waals surface area contributed by atoms with Crippen LogP contribution in [0.5, 0.6) is 0 Å². The SMILES string of the molecule is Cc1cccc(NS(=O)(=O)c2cc(C(=O)Nc3cccnc3)ccc2Cl)c1. The molecule has 27 heavy (non-hydrogen) atoms. The lowest BCUT2D eigenvalue weighted by atomic mass is 10.2. The van der Waals surface area contributed by atoms with Gasteiger partial charge in [0, 0.05) is 17.4 Å². The van der Waals surface area contributed by atoms with Gasteiger partial charge in [-0.05, 0) is 55.0 Å². The number of anilines is 2. The van der Waals surface area contributed by atoms with Crippen molar-refractivity contribution in [2.45, 2.75) is 11.8 Å². The summed E-state index contributed by atoms with van der Waals surface area (Å²) in [6.07, 6.45) is 3.07. The van der Waals surface area contributed by atoms with Gasteiger partial charge in [-0.1, -0.05) is 23.7 Å². The number of hydrogen-bond donors (Lipinski definition) is 2. The van der Waals surface area contributed by atoms with Crippen molar-refractivity contribution in [1.82, 2.24) is 4.98 Å². The highest BCUT2D eigenvalue weighted by Gasteiger charge is 2.20. The van der Waals surface area contributed by atoms with Crippen LogP contribution < -0.4 is 10.0 Å². The van der Waals surface area contributed by atoms with E-state index in [4.69, 9.17) is 11.6 Å². The summed E-state index contributed by atoms with van der Waals surface area (Å²) in [6, 6.07) is 14.4. The van der Waals surface area contributed by atoms with Crippen LogP contribution in [0.4, 0.5) is 11.4 Å². The molecule has 0 radical (unpaired) electrons. The fourth-order valence-corrected chi connectivity index (χ4v) is 3.99. The minimum Gasteiger partial charge on any atom is -0.321 e. The summed E-state index contributed by atoms with van der Waals surface area (Å²) < 4.78 is 27.9. The van der Waals surface area contributed by atoms with Crippen molar-refractivity contribution in [3.8, 4) is 0 Å². The van der Waals surface area contributed by atoms with Gasteiger partial charge in [0.1, 0.15) is 4.90 Å². The van der Waals surface area contributed by atoms with Gasteiger partial charge in [0.25, 0.3) is 15.9 Å². The molecule has 8 heteroatoms. The highest BCUT2D eigenvalue weighted by atomic mass is 35.5. The number of pyridine rings is 1. The molecule has 0 unspecified atom stereocenters. The van der Waals surface area contributed by atoms with Crippen LogP contribution in [0.2, 0.25) is 5.02 Å². The highest BCUT2D eigenvalue weighted by Crippen LogP contribution is 2.25. The van der Waals surface area contributed by atoms with E-state index >= 15 is 0 Å². The third-order valence-electron chi connectivity index (χ3n) is 3.67. The first-order valence-corrected chi connectivity index (χ1v) is 9.82. The van der Waals surface area contributed by atoms with Gasteiger partial charge in [-0.3, -0.25) is 14.5 Å². The number of carbonyl (C=O) groups excluding carboxylic acids is 1. The van der Waals surface area contributed by atoms with Crippen LogP contribution in [-0.4, -0.2) is 19.3 Å². The Kier molecular flexibility index (Phi) is 5.43. The van der Waals surface area contributed by atoms with E-state index in [2.05, 4.69) is 15.0 Å². The predicted octanol–water partition coefficient (Wildman–Crippen LogP) is 4.10. The largest absolute Gasteiger partial charge is 0.321 e. The lowest BCUT2D eigenvalue weighted by Gasteiger charge is -2.12. The van der Waals surface area contributed by atoms with Crippen molar-refractivity contribution in [2.75, 3.05) is 10.0 Å². The average Bonchev–Trinajstić information content (AvgIpc) is 2.62. The Bertz CT molecular complexity index is 1090. The minimum atomic E-state index is -3.96. The molecule has 1 amide bonds. The number of nitrogens with zero attached hydrogens (tertiary/aromatic N) is 1. The fraction of sp³-hybridized carbons (Fsp3) is 0.0526. The lowest BCUT2D eigenvalue weighted by molar-refractivity contribution is 0.102. The molecular formula is C19H16ClN3O3S. The summed E-state index contributed by atoms with van der Waals surface area (Å²) in [7, 11) is -3.96. The van der Waals surface area contributed by atoms with E-state index in [0.29, 0.717) is 11.4 Å². The maximum absolute atomic E-state index is 12.7. The van der Waals surface area contributed by atoms with Crippen molar-refractivity contribution >= 4 is 38.9 Å². The molecule has 3 rings (SSSR count). The second kappa shape index (κ2) is 7.77. The molecule has 0 spiro atoms. The Hall–Kier alpha value is -2.90. The minimum absolute atomic E-state index is 0.0214. The first kappa shape index (κ1) is 18.9. The zero-order valence-corrected chi connectivity index (χ0v) is 15.9. The first-order valence-electron chi connectivity index (χ1n) is 7.95. The van der Waals surface area contributed by atoms with E-state index < -0.39 is 15.9 Å². The molecule has 0 bridgehead atoms. The molecule has 0 atom stereocenters. The lowest BCUT2D eigenvalue weighted by Crippen LogP contribution is -2.16. The molecule has 2 aromatic carbocycles. The van der Waals surface area contributed by atoms with Crippen LogP contribution in [-0.2, 0) is 10.0 Å². The summed E-state index contributed by atoms with van der Waals surface area (Å²) in [5, 5.41) is 2.68. The van der Waals surface area contributed by atoms with Gasteiger partial charge in [0.05, 0.1) is 16.9 Å². The molecule has 0 saturated heterocycles. The molecule has 6 nitrogen and oxygen atoms in total. The third-order valence-corrected chi connectivity index (χ3v) is 5.54. The van der Waals surface area contributed by atoms with E-state index in [-0.39, 0.29) is 15.5 Å². The van der Waals surface area contributed by atoms with Gasteiger partial charge >= 0.3 is 0 Å². The van der Waals surface area contributed by atoms with Crippen LogP contribution in [0.1, 0.15) is 15.9 Å². The summed E-state index contributed by atoms with van der Waals surface area (Å²) in [6.45, 7) is 1.86. The fourth-order valence-electron chi connectivity index (χ4n) is 2.41. The summed E-state index contributed by atoms with van der Waals surface area (Å²) >= 11 is 6.08. The number of amides is 1. The molecule has 0 aliphatic heterocycles. The zero-order chi connectivity index (χ0) is 19.4. The number of rotatable bonds is 5. The van der Waals surface area contributed by atoms with Gasteiger partial charge in [-0.15, -0.1) is 0 Å². The molecule has 2 N–H and O–H groups in total. The van der Waals surface area contributed by atoms with E-state index in [0.717, 1.165) is 5.56 Å². The summed E-state index contributed by atoms with van der Waals surface area (Å²) in [5.41, 5.74) is 1.98. The predicted molar refractivity (Wildman–Crippen MR) is 106 cm³/mol. The van der Waals surface area contributed by atoms with Gasteiger partial charge in [-0.2, -0.15) is 0 Å². The standard InChI is InChI=1S/C19H16ClN3O3S/c1-13-4-2-5-15(10-13)23-27(25,26)18-11-14(7-8-17(18)20)19(24)22-16-6-3-9-21-12-16/h2-12,23H,1H3,(H,22,24). The maximum atomic E-state index is 12.7. The Morgan fingerprint density at radius 2 is 1.81 bits per heavy atom. The number of benzene rings is 2. The second-order valence-electron chi connectivity index (χ2n) is 5.82. The first-order chi connectivity index (χ1) is 12.8. The second-order valence-corrected chi connectivity index (χ2v) is 7.87. The number of hydrogen-bond acceptors (Lipinski definition) is 4. The van der Waals surface area contributed by atoms with Crippen molar-refractivity contribution in [1.29, 1.82) is 0 Å². The van der Waals surface area contributed by atoms with Crippen molar-refractivity contribution < 1.29 is 13.2 Å². The Morgan fingerprint density at radius 3 is 2.52 bits per heavy atom. The van der Waals surface area contributed by atoms with Crippen LogP contribution in [0.15, 0.2) is 71.9 Å². The van der Waals surface area contributed by atoms with Crippen molar-refractivity contribution in [2.24, 2.45) is 0 Å². The van der Waals surface area contributed by atoms with Gasteiger partial charge in [0.2, 0.25) is 0 Å². The molecule has 3 aromatic rings. The molecule has 0 saturated carbocycles. The van der Waals surface area contributed by atoms with E-state index in [1.54, 1.807) is 36.5 Å². The van der Waals surface area contributed by atoms with Crippen LogP contribution in [0, 0.1) is 6.92 Å². The summed E-state index contributed by atoms with van der Waals surface area (Å²) in [4.78, 5) is 16.1. The van der Waals surface area contributed by atoms with Crippen LogP contribution in [0.25, 0.3) is 0 Å². The smallest absolute Gasteiger partial charge is 0.263 e. The topological polar surface area (TPSA) is 88.2 Å². The third kappa shape index (κ3) is 4.64. The number of aromatic nitrogens is 1. The van der Waals surface area contributed by atoms with Crippen molar-refractivity contribution in [3.63, 3.8) is 0 Å². The number of aryl methyl sites for hydroxylation is 1. The molecule has 138 valence electrons. The van der Waals surface area contributed by atoms with Crippen LogP contribution in [0.3, 0.4) is 0 Å². The van der Waals surface area contributed by atoms with Gasteiger partial charge in [-0.25, -0.2) is 8.42 Å². The molecule has 1 aromatic heterocycles.